The summed E-state index contributed by atoms with van der Waals surface area (Å²) >= 11 is 0. The van der Waals surface area contributed by atoms with Gasteiger partial charge in [-0.1, -0.05) is 6.07 Å². The van der Waals surface area contributed by atoms with Gasteiger partial charge < -0.3 is 25.2 Å². The third-order valence-electron chi connectivity index (χ3n) is 5.59. The van der Waals surface area contributed by atoms with Crippen molar-refractivity contribution in [1.29, 1.82) is 0 Å². The summed E-state index contributed by atoms with van der Waals surface area (Å²) in [6.45, 7) is 5.02. The van der Waals surface area contributed by atoms with Crippen LogP contribution in [0.25, 0.3) is 0 Å². The Labute approximate surface area is 200 Å². The lowest BCUT2D eigenvalue weighted by Gasteiger charge is -2.33. The highest BCUT2D eigenvalue weighted by molar-refractivity contribution is 5.99. The lowest BCUT2D eigenvalue weighted by Crippen LogP contribution is -2.44. The number of nitrogens with one attached hydrogen (secondary N) is 2. The minimum absolute atomic E-state index is 0.0419. The summed E-state index contributed by atoms with van der Waals surface area (Å²) in [6.07, 6.45) is -3.04. The number of aromatic nitrogens is 2. The molecule has 0 radical (unpaired) electrons. The third kappa shape index (κ3) is 6.38. The number of hydrogen-bond acceptors (Lipinski definition) is 6. The van der Waals surface area contributed by atoms with Crippen molar-refractivity contribution >= 4 is 23.2 Å². The molecule has 0 atom stereocenters. The van der Waals surface area contributed by atoms with E-state index in [9.17, 15) is 18.0 Å². The molecule has 1 aliphatic rings. The van der Waals surface area contributed by atoms with Crippen LogP contribution in [0.5, 0.6) is 11.6 Å². The molecule has 4 rings (SSSR count). The van der Waals surface area contributed by atoms with E-state index in [1.165, 1.54) is 25.4 Å². The number of hydrogen-bond donors (Lipinski definition) is 2. The lowest BCUT2D eigenvalue weighted by molar-refractivity contribution is -0.138. The zero-order chi connectivity index (χ0) is 25.0. The number of nitrogens with zero attached hydrogens (tertiary/aromatic N) is 4. The molecule has 11 heteroatoms. The van der Waals surface area contributed by atoms with Gasteiger partial charge >= 0.3 is 12.2 Å². The van der Waals surface area contributed by atoms with E-state index < -0.39 is 17.8 Å². The van der Waals surface area contributed by atoms with E-state index >= 15 is 0 Å². The number of carbonyl (C=O) groups is 1. The molecule has 2 heterocycles. The van der Waals surface area contributed by atoms with Crippen LogP contribution in [0, 0.1) is 6.92 Å². The number of likely N-dealkylation sites (N-methyl/N-ethyl adjacent to an activating group) is 1. The maximum Gasteiger partial charge on any atom is 0.416 e. The Morgan fingerprint density at radius 3 is 2.29 bits per heavy atom. The van der Waals surface area contributed by atoms with Crippen LogP contribution >= 0.6 is 0 Å². The number of anilines is 3. The number of urea groups is 1. The number of ether oxygens (including phenoxy) is 1. The van der Waals surface area contributed by atoms with Crippen LogP contribution in [0.2, 0.25) is 0 Å². The molecule has 184 valence electrons. The first-order valence-electron chi connectivity index (χ1n) is 11.0. The fraction of sp³-hybridized carbons (Fsp3) is 0.292. The van der Waals surface area contributed by atoms with Crippen molar-refractivity contribution in [1.82, 2.24) is 14.9 Å². The Morgan fingerprint density at radius 1 is 0.943 bits per heavy atom. The van der Waals surface area contributed by atoms with Gasteiger partial charge in [-0.3, -0.25) is 0 Å². The molecule has 2 amide bonds. The Kier molecular flexibility index (Phi) is 7.06. The van der Waals surface area contributed by atoms with Crippen LogP contribution < -0.4 is 20.3 Å². The molecule has 0 spiro atoms. The first-order chi connectivity index (χ1) is 16.7. The summed E-state index contributed by atoms with van der Waals surface area (Å²) in [5.74, 6) is 1.70. The summed E-state index contributed by atoms with van der Waals surface area (Å²) in [6, 6.07) is 11.3. The van der Waals surface area contributed by atoms with Gasteiger partial charge in [-0.05, 0) is 55.9 Å². The van der Waals surface area contributed by atoms with Gasteiger partial charge in [0.1, 0.15) is 17.9 Å². The first kappa shape index (κ1) is 24.3. The average Bonchev–Trinajstić information content (AvgIpc) is 2.81. The molecule has 3 aromatic rings. The number of aryl methyl sites for hydroxylation is 1. The van der Waals surface area contributed by atoms with Gasteiger partial charge in [0.25, 0.3) is 0 Å². The molecule has 1 aliphatic heterocycles. The second kappa shape index (κ2) is 10.2. The number of benzene rings is 2. The molecular formula is C24H25F3N6O2. The predicted octanol–water partition coefficient (Wildman–Crippen LogP) is 4.99. The normalized spacial score (nSPS) is 14.5. The molecule has 0 bridgehead atoms. The summed E-state index contributed by atoms with van der Waals surface area (Å²) in [5, 5.41) is 5.01. The van der Waals surface area contributed by atoms with Gasteiger partial charge in [-0.2, -0.15) is 13.2 Å². The smallest absolute Gasteiger partial charge is 0.416 e. The minimum atomic E-state index is -4.50. The molecule has 0 aliphatic carbocycles. The summed E-state index contributed by atoms with van der Waals surface area (Å²) in [4.78, 5) is 25.2. The van der Waals surface area contributed by atoms with Crippen molar-refractivity contribution in [3.8, 4) is 11.6 Å². The monoisotopic (exact) mass is 486 g/mol. The molecule has 0 saturated carbocycles. The highest BCUT2D eigenvalue weighted by Crippen LogP contribution is 2.33. The van der Waals surface area contributed by atoms with Gasteiger partial charge in [0, 0.05) is 43.6 Å². The van der Waals surface area contributed by atoms with E-state index in [0.29, 0.717) is 17.3 Å². The molecule has 8 nitrogen and oxygen atoms in total. The van der Waals surface area contributed by atoms with Crippen molar-refractivity contribution < 1.29 is 22.7 Å². The molecule has 0 unspecified atom stereocenters. The second-order valence-electron chi connectivity index (χ2n) is 8.24. The van der Waals surface area contributed by atoms with E-state index in [-0.39, 0.29) is 11.3 Å². The fourth-order valence-corrected chi connectivity index (χ4v) is 3.62. The van der Waals surface area contributed by atoms with Gasteiger partial charge in [0.05, 0.1) is 5.56 Å². The van der Waals surface area contributed by atoms with E-state index in [1.807, 2.05) is 0 Å². The third-order valence-corrected chi connectivity index (χ3v) is 5.59. The Hall–Kier alpha value is -3.86. The van der Waals surface area contributed by atoms with E-state index in [4.69, 9.17) is 4.74 Å². The summed E-state index contributed by atoms with van der Waals surface area (Å²) < 4.78 is 45.1. The van der Waals surface area contributed by atoms with Crippen molar-refractivity contribution in [2.75, 3.05) is 48.8 Å². The highest BCUT2D eigenvalue weighted by Gasteiger charge is 2.32. The Morgan fingerprint density at radius 2 is 1.60 bits per heavy atom. The van der Waals surface area contributed by atoms with Crippen molar-refractivity contribution in [3.05, 3.63) is 66.0 Å². The standard InChI is InChI=1S/C24H25F3N6O2/c1-16-3-4-18(13-20(16)24(25,26)27)31-23(34)30-17-5-7-19(8-6-17)35-22-14-21(28-15-29-22)33-11-9-32(2)10-12-33/h3-8,13-15H,9-12H2,1-2H3,(H2,30,31,34). The molecule has 1 fully saturated rings. The van der Waals surface area contributed by atoms with Gasteiger partial charge in [0.2, 0.25) is 5.88 Å². The molecule has 2 aromatic carbocycles. The SMILES string of the molecule is Cc1ccc(NC(=O)Nc2ccc(Oc3cc(N4CCN(C)CC4)ncn3)cc2)cc1C(F)(F)F. The number of amides is 2. The Balaban J connectivity index is 1.35. The van der Waals surface area contributed by atoms with E-state index in [0.717, 1.165) is 38.1 Å². The second-order valence-corrected chi connectivity index (χ2v) is 8.24. The number of halogens is 3. The molecule has 1 saturated heterocycles. The first-order valence-corrected chi connectivity index (χ1v) is 11.0. The van der Waals surface area contributed by atoms with Crippen LogP contribution in [0.15, 0.2) is 54.9 Å². The molecular weight excluding hydrogens is 461 g/mol. The van der Waals surface area contributed by atoms with Crippen LogP contribution in [0.1, 0.15) is 11.1 Å². The van der Waals surface area contributed by atoms with Gasteiger partial charge in [-0.15, -0.1) is 0 Å². The summed E-state index contributed by atoms with van der Waals surface area (Å²) in [7, 11) is 2.08. The minimum Gasteiger partial charge on any atom is -0.439 e. The van der Waals surface area contributed by atoms with Crippen molar-refractivity contribution in [2.24, 2.45) is 0 Å². The maximum absolute atomic E-state index is 13.1. The zero-order valence-electron chi connectivity index (χ0n) is 19.3. The predicted molar refractivity (Wildman–Crippen MR) is 127 cm³/mol. The van der Waals surface area contributed by atoms with E-state index in [2.05, 4.69) is 37.4 Å². The van der Waals surface area contributed by atoms with Gasteiger partial charge in [0.15, 0.2) is 0 Å². The molecule has 1 aromatic heterocycles. The van der Waals surface area contributed by atoms with Crippen molar-refractivity contribution in [3.63, 3.8) is 0 Å². The largest absolute Gasteiger partial charge is 0.439 e. The van der Waals surface area contributed by atoms with Crippen LogP contribution in [0.3, 0.4) is 0 Å². The zero-order valence-corrected chi connectivity index (χ0v) is 19.3. The number of alkyl halides is 3. The average molecular weight is 486 g/mol. The van der Waals surface area contributed by atoms with E-state index in [1.54, 1.807) is 30.3 Å². The van der Waals surface area contributed by atoms with Crippen LogP contribution in [-0.2, 0) is 6.18 Å². The topological polar surface area (TPSA) is 82.6 Å². The lowest BCUT2D eigenvalue weighted by atomic mass is 10.1. The van der Waals surface area contributed by atoms with Crippen LogP contribution in [-0.4, -0.2) is 54.1 Å². The Bertz CT molecular complexity index is 1180. The molecule has 35 heavy (non-hydrogen) atoms. The van der Waals surface area contributed by atoms with Gasteiger partial charge in [-0.25, -0.2) is 14.8 Å². The number of rotatable bonds is 5. The quantitative estimate of drug-likeness (QED) is 0.529. The van der Waals surface area contributed by atoms with Crippen molar-refractivity contribution in [2.45, 2.75) is 13.1 Å². The number of piperazine rings is 1. The fourth-order valence-electron chi connectivity index (χ4n) is 3.62. The molecule has 2 N–H and O–H groups in total. The highest BCUT2D eigenvalue weighted by atomic mass is 19.4. The number of carbonyl (C=O) groups excluding carboxylic acids is 1. The maximum atomic E-state index is 13.1. The van der Waals surface area contributed by atoms with Crippen LogP contribution in [0.4, 0.5) is 35.2 Å². The summed E-state index contributed by atoms with van der Waals surface area (Å²) in [5.41, 5.74) is -0.227.